The molecule has 0 radical (unpaired) electrons. The molecule has 0 aromatic rings. The number of phosphoric ester groups is 2. The zero-order chi connectivity index (χ0) is 83.6. The molecule has 0 aliphatic rings. The smallest absolute Gasteiger partial charge is 0.463 e. The zero-order valence-corrected chi connectivity index (χ0v) is 75.2. The molecule has 0 saturated heterocycles. The van der Waals surface area contributed by atoms with Crippen LogP contribution in [0.1, 0.15) is 419 Å². The van der Waals surface area contributed by atoms with Gasteiger partial charge in [-0.2, -0.15) is 0 Å². The van der Waals surface area contributed by atoms with Crippen LogP contribution in [0.25, 0.3) is 0 Å². The first-order valence-corrected chi connectivity index (χ1v) is 49.8. The van der Waals surface area contributed by atoms with Gasteiger partial charge in [-0.1, -0.05) is 393 Å². The monoisotopic (exact) mass is 1660 g/mol. The van der Waals surface area contributed by atoms with Gasteiger partial charge in [0.05, 0.1) is 26.4 Å². The number of esters is 3. The van der Waals surface area contributed by atoms with Crippen molar-refractivity contribution in [2.24, 2.45) is 0 Å². The molecule has 0 aromatic heterocycles. The first kappa shape index (κ1) is 111. The zero-order valence-electron chi connectivity index (χ0n) is 73.4. The molecule has 0 amide bonds. The number of carbonyl (C=O) groups is 3. The summed E-state index contributed by atoms with van der Waals surface area (Å²) in [5, 5.41) is 20.7. The van der Waals surface area contributed by atoms with Crippen LogP contribution in [-0.4, -0.2) is 95.9 Å². The van der Waals surface area contributed by atoms with Gasteiger partial charge in [0.2, 0.25) is 0 Å². The van der Waals surface area contributed by atoms with Crippen molar-refractivity contribution in [1.29, 1.82) is 0 Å². The number of allylic oxidation sites excluding steroid dienone is 20. The van der Waals surface area contributed by atoms with Gasteiger partial charge in [0.15, 0.2) is 6.10 Å². The highest BCUT2D eigenvalue weighted by Gasteiger charge is 2.30. The molecule has 0 aliphatic carbocycles. The molecule has 0 spiro atoms. The molecule has 18 heteroatoms. The maximum Gasteiger partial charge on any atom is 0.472 e. The van der Waals surface area contributed by atoms with E-state index in [2.05, 4.69) is 142 Å². The van der Waals surface area contributed by atoms with Gasteiger partial charge in [-0.3, -0.25) is 32.5 Å². The second kappa shape index (κ2) is 89.2. The van der Waals surface area contributed by atoms with Crippen molar-refractivity contribution >= 4 is 33.6 Å². The number of hydrogen-bond acceptors (Lipinski definition) is 14. The van der Waals surface area contributed by atoms with Crippen molar-refractivity contribution in [3.05, 3.63) is 122 Å². The number of ether oxygens (including phenoxy) is 3. The first-order valence-electron chi connectivity index (χ1n) is 46.8. The summed E-state index contributed by atoms with van der Waals surface area (Å²) in [6, 6.07) is 0. The number of rotatable bonds is 89. The molecule has 0 aromatic carbocycles. The average molecular weight is 1660 g/mol. The average Bonchev–Trinajstić information content (AvgIpc) is 0.899. The van der Waals surface area contributed by atoms with Crippen LogP contribution < -0.4 is 0 Å². The number of phosphoric acid groups is 2. The summed E-state index contributed by atoms with van der Waals surface area (Å²) < 4.78 is 61.3. The van der Waals surface area contributed by atoms with E-state index >= 15 is 0 Å². The van der Waals surface area contributed by atoms with Crippen LogP contribution in [0.2, 0.25) is 0 Å². The number of aliphatic hydroxyl groups is 2. The second-order valence-corrected chi connectivity index (χ2v) is 34.3. The molecule has 0 rings (SSSR count). The normalized spacial score (nSPS) is 14.3. The summed E-state index contributed by atoms with van der Waals surface area (Å²) in [6.07, 6.45) is 110. The standard InChI is InChI=1S/C97H172O16P2/c1-4-7-10-13-16-19-22-24-26-28-30-32-34-36-38-40-42-44-45-47-49-50-52-54-56-58-60-62-64-66-69-71-74-77-80-83-95(100)107-86-92(98)87-109-114(103,104)110-88-93(99)89-111-115(105,106)112-91-94(113-97(102)85-82-79-76-73-68-21-18-15-12-9-6-3)90-108-96(101)84-81-78-75-72-70-67-65-63-61-59-57-55-53-51-48-46-43-41-39-37-35-33-31-29-27-25-23-20-17-14-11-8-5-2/h8,11,15-20,24-27,30-33,36-39,92-94,98-99H,4-7,9-10,12-14,21-23,28-29,34-35,40-91H2,1-3H3,(H,103,104)(H,105,106)/b11-8-,18-15-,19-16-,20-17-,26-24-,27-25-,32-30-,33-31-,38-36-,39-37-. The fourth-order valence-corrected chi connectivity index (χ4v) is 14.6. The topological polar surface area (TPSA) is 231 Å². The molecule has 4 N–H and O–H groups in total. The van der Waals surface area contributed by atoms with Crippen LogP contribution >= 0.6 is 15.6 Å². The van der Waals surface area contributed by atoms with Crippen molar-refractivity contribution in [2.75, 3.05) is 39.6 Å². The third-order valence-electron chi connectivity index (χ3n) is 20.1. The molecular weight excluding hydrogens is 1480 g/mol. The third-order valence-corrected chi connectivity index (χ3v) is 22.0. The number of hydrogen-bond donors (Lipinski definition) is 4. The van der Waals surface area contributed by atoms with E-state index < -0.39 is 91.5 Å². The summed E-state index contributed by atoms with van der Waals surface area (Å²) in [4.78, 5) is 58.8. The summed E-state index contributed by atoms with van der Waals surface area (Å²) in [7, 11) is -9.79. The first-order chi connectivity index (χ1) is 56.2. The molecule has 5 atom stereocenters. The largest absolute Gasteiger partial charge is 0.472 e. The summed E-state index contributed by atoms with van der Waals surface area (Å²) in [6.45, 7) is 2.55. The van der Waals surface area contributed by atoms with E-state index in [0.29, 0.717) is 19.3 Å². The van der Waals surface area contributed by atoms with Crippen LogP contribution in [0.3, 0.4) is 0 Å². The molecule has 0 saturated carbocycles. The minimum atomic E-state index is -4.93. The molecule has 115 heavy (non-hydrogen) atoms. The Morgan fingerprint density at radius 1 is 0.252 bits per heavy atom. The summed E-state index contributed by atoms with van der Waals surface area (Å²) >= 11 is 0. The fraction of sp³-hybridized carbons (Fsp3) is 0.763. The Morgan fingerprint density at radius 2 is 0.470 bits per heavy atom. The Hall–Kier alpha value is -4.05. The Balaban J connectivity index is 4.29. The lowest BCUT2D eigenvalue weighted by atomic mass is 10.0. The molecule has 5 unspecified atom stereocenters. The van der Waals surface area contributed by atoms with Crippen molar-refractivity contribution in [3.8, 4) is 0 Å². The lowest BCUT2D eigenvalue weighted by Crippen LogP contribution is -2.30. The highest BCUT2D eigenvalue weighted by atomic mass is 31.2. The lowest BCUT2D eigenvalue weighted by Gasteiger charge is -2.21. The SMILES string of the molecule is CC/C=C\C/C=C\C/C=C\C/C=C\C/C=C\CCCCCCCCCCCCCCCCCCCC(=O)OCC(COP(=O)(O)OCC(O)COP(=O)(O)OCC(O)COC(=O)CCCCCCCCCCCCCCCCCCCCC/C=C\C/C=C\C/C=C\C/C=C\CCCCC)OC(=O)CCCCCCC/C=C\CCCC. The van der Waals surface area contributed by atoms with Crippen molar-refractivity contribution in [2.45, 2.75) is 437 Å². The highest BCUT2D eigenvalue weighted by Crippen LogP contribution is 2.45. The van der Waals surface area contributed by atoms with E-state index in [1.807, 2.05) is 0 Å². The van der Waals surface area contributed by atoms with Crippen LogP contribution in [0.15, 0.2) is 122 Å². The fourth-order valence-electron chi connectivity index (χ4n) is 13.0. The highest BCUT2D eigenvalue weighted by molar-refractivity contribution is 7.47. The number of carbonyl (C=O) groups excluding carboxylic acids is 3. The third kappa shape index (κ3) is 90.6. The molecular formula is C97H172O16P2. The minimum absolute atomic E-state index is 0.0958. The molecule has 666 valence electrons. The van der Waals surface area contributed by atoms with Crippen LogP contribution in [0.5, 0.6) is 0 Å². The Kier molecular flexibility index (Phi) is 86.1. The van der Waals surface area contributed by atoms with Gasteiger partial charge >= 0.3 is 33.6 Å². The van der Waals surface area contributed by atoms with Crippen molar-refractivity contribution < 1.29 is 75.8 Å². The Labute approximate surface area is 703 Å². The quantitative estimate of drug-likeness (QED) is 0.0146. The molecule has 0 aliphatic heterocycles. The van der Waals surface area contributed by atoms with Crippen LogP contribution in [0.4, 0.5) is 0 Å². The predicted molar refractivity (Wildman–Crippen MR) is 482 cm³/mol. The van der Waals surface area contributed by atoms with Crippen molar-refractivity contribution in [3.63, 3.8) is 0 Å². The van der Waals surface area contributed by atoms with Gasteiger partial charge in [0.25, 0.3) is 0 Å². The summed E-state index contributed by atoms with van der Waals surface area (Å²) in [5.41, 5.74) is 0. The molecule has 0 fully saturated rings. The van der Waals surface area contributed by atoms with E-state index in [1.54, 1.807) is 0 Å². The lowest BCUT2D eigenvalue weighted by molar-refractivity contribution is -0.161. The maximum atomic E-state index is 13.0. The number of aliphatic hydroxyl groups excluding tert-OH is 2. The van der Waals surface area contributed by atoms with Crippen LogP contribution in [0, 0.1) is 0 Å². The molecule has 16 nitrogen and oxygen atoms in total. The van der Waals surface area contributed by atoms with E-state index in [9.17, 15) is 43.5 Å². The molecule has 0 bridgehead atoms. The second-order valence-electron chi connectivity index (χ2n) is 31.4. The van der Waals surface area contributed by atoms with Gasteiger partial charge in [-0.15, -0.1) is 0 Å². The summed E-state index contributed by atoms with van der Waals surface area (Å²) in [5.74, 6) is -1.57. The molecule has 0 heterocycles. The van der Waals surface area contributed by atoms with Gasteiger partial charge in [-0.25, -0.2) is 9.13 Å². The Morgan fingerprint density at radius 3 is 0.765 bits per heavy atom. The number of unbranched alkanes of at least 4 members (excludes halogenated alkanes) is 46. The van der Waals surface area contributed by atoms with Gasteiger partial charge in [-0.05, 0) is 128 Å². The van der Waals surface area contributed by atoms with E-state index in [-0.39, 0.29) is 19.3 Å². The van der Waals surface area contributed by atoms with Gasteiger partial charge in [0, 0.05) is 19.3 Å². The van der Waals surface area contributed by atoms with E-state index in [0.717, 1.165) is 128 Å². The Bertz CT molecular complexity index is 2570. The van der Waals surface area contributed by atoms with Gasteiger partial charge < -0.3 is 34.2 Å². The van der Waals surface area contributed by atoms with Crippen molar-refractivity contribution in [1.82, 2.24) is 0 Å². The maximum absolute atomic E-state index is 13.0. The van der Waals surface area contributed by atoms with Gasteiger partial charge in [0.1, 0.15) is 25.4 Å². The minimum Gasteiger partial charge on any atom is -0.463 e. The van der Waals surface area contributed by atoms with E-state index in [1.165, 1.54) is 231 Å². The van der Waals surface area contributed by atoms with Crippen LogP contribution in [-0.2, 0) is 55.8 Å². The van der Waals surface area contributed by atoms with E-state index in [4.69, 9.17) is 32.3 Å². The predicted octanol–water partition coefficient (Wildman–Crippen LogP) is 28.8.